The van der Waals surface area contributed by atoms with Gasteiger partial charge in [-0.25, -0.2) is 4.98 Å². The molecule has 1 N–H and O–H groups in total. The molecule has 2 amide bonds. The van der Waals surface area contributed by atoms with Gasteiger partial charge in [-0.3, -0.25) is 19.0 Å². The molecule has 7 nitrogen and oxygen atoms in total. The second-order valence-corrected chi connectivity index (χ2v) is 6.28. The smallest absolute Gasteiger partial charge is 0.347 e. The summed E-state index contributed by atoms with van der Waals surface area (Å²) in [7, 11) is 1.50. The van der Waals surface area contributed by atoms with Crippen molar-refractivity contribution in [1.82, 2.24) is 19.8 Å². The van der Waals surface area contributed by atoms with Crippen LogP contribution in [0, 0.1) is 0 Å². The second kappa shape index (κ2) is 7.01. The van der Waals surface area contributed by atoms with Crippen molar-refractivity contribution in [2.24, 2.45) is 7.05 Å². The summed E-state index contributed by atoms with van der Waals surface area (Å²) in [5.74, 6) is -2.46. The summed E-state index contributed by atoms with van der Waals surface area (Å²) < 4.78 is 39.3. The van der Waals surface area contributed by atoms with Crippen molar-refractivity contribution in [2.75, 3.05) is 6.54 Å². The van der Waals surface area contributed by atoms with Crippen LogP contribution >= 0.6 is 0 Å². The standard InChI is InChI=1S/C17H17F3N4O3/c1-23-13(22-11-6-3-2-5-10(11)15(23)26)9-21-14(25)12-7-4-8-24(12)16(27)17(18,19)20/h2-3,5-6,12H,4,7-9H2,1H3,(H,21,25). The zero-order valence-electron chi connectivity index (χ0n) is 14.4. The van der Waals surface area contributed by atoms with Crippen molar-refractivity contribution < 1.29 is 22.8 Å². The van der Waals surface area contributed by atoms with Gasteiger partial charge in [0.05, 0.1) is 17.4 Å². The minimum Gasteiger partial charge on any atom is -0.347 e. The predicted octanol–water partition coefficient (Wildman–Crippen LogP) is 1.10. The fraction of sp³-hybridized carbons (Fsp3) is 0.412. The van der Waals surface area contributed by atoms with Gasteiger partial charge in [0.15, 0.2) is 0 Å². The number of aromatic nitrogens is 2. The van der Waals surface area contributed by atoms with E-state index in [1.54, 1.807) is 24.3 Å². The third-order valence-corrected chi connectivity index (χ3v) is 4.56. The van der Waals surface area contributed by atoms with E-state index in [2.05, 4.69) is 10.3 Å². The van der Waals surface area contributed by atoms with Crippen LogP contribution in [0.15, 0.2) is 29.1 Å². The number of rotatable bonds is 3. The summed E-state index contributed by atoms with van der Waals surface area (Å²) >= 11 is 0. The molecule has 2 heterocycles. The summed E-state index contributed by atoms with van der Waals surface area (Å²) in [4.78, 5) is 41.0. The van der Waals surface area contributed by atoms with Crippen molar-refractivity contribution in [3.05, 3.63) is 40.4 Å². The molecular formula is C17H17F3N4O3. The molecule has 0 radical (unpaired) electrons. The topological polar surface area (TPSA) is 84.3 Å². The molecule has 3 rings (SSSR count). The molecule has 1 saturated heterocycles. The van der Waals surface area contributed by atoms with Crippen LogP contribution in [0.4, 0.5) is 13.2 Å². The Labute approximate surface area is 151 Å². The molecule has 1 unspecified atom stereocenters. The maximum absolute atomic E-state index is 12.7. The van der Waals surface area contributed by atoms with E-state index in [0.29, 0.717) is 22.2 Å². The highest BCUT2D eigenvalue weighted by Crippen LogP contribution is 2.25. The SMILES string of the molecule is Cn1c(CNC(=O)C2CCCN2C(=O)C(F)(F)F)nc2ccccc2c1=O. The highest BCUT2D eigenvalue weighted by atomic mass is 19.4. The molecule has 10 heteroatoms. The lowest BCUT2D eigenvalue weighted by Crippen LogP contribution is -2.50. The first-order valence-electron chi connectivity index (χ1n) is 8.30. The maximum Gasteiger partial charge on any atom is 0.471 e. The number of carbonyl (C=O) groups is 2. The van der Waals surface area contributed by atoms with E-state index < -0.39 is 24.0 Å². The molecule has 1 fully saturated rings. The number of nitrogens with one attached hydrogen (secondary N) is 1. The Morgan fingerprint density at radius 2 is 2.00 bits per heavy atom. The van der Waals surface area contributed by atoms with Crippen LogP contribution in [0.25, 0.3) is 10.9 Å². The Balaban J connectivity index is 1.76. The van der Waals surface area contributed by atoms with Crippen LogP contribution in [0.1, 0.15) is 18.7 Å². The minimum atomic E-state index is -5.02. The van der Waals surface area contributed by atoms with E-state index in [-0.39, 0.29) is 30.9 Å². The summed E-state index contributed by atoms with van der Waals surface area (Å²) in [6.07, 6.45) is -4.56. The Morgan fingerprint density at radius 1 is 1.30 bits per heavy atom. The van der Waals surface area contributed by atoms with Gasteiger partial charge in [0.25, 0.3) is 5.56 Å². The van der Waals surface area contributed by atoms with Gasteiger partial charge in [-0.05, 0) is 25.0 Å². The van der Waals surface area contributed by atoms with Crippen molar-refractivity contribution in [3.8, 4) is 0 Å². The number of fused-ring (bicyclic) bond motifs is 1. The monoisotopic (exact) mass is 382 g/mol. The zero-order chi connectivity index (χ0) is 19.8. The quantitative estimate of drug-likeness (QED) is 0.862. The number of hydrogen-bond donors (Lipinski definition) is 1. The number of alkyl halides is 3. The minimum absolute atomic E-state index is 0.122. The molecule has 1 aromatic carbocycles. The molecule has 1 aromatic heterocycles. The molecule has 1 atom stereocenters. The van der Waals surface area contributed by atoms with Gasteiger partial charge in [-0.15, -0.1) is 0 Å². The van der Waals surface area contributed by atoms with Gasteiger partial charge in [0, 0.05) is 13.6 Å². The van der Waals surface area contributed by atoms with Crippen LogP contribution in [-0.2, 0) is 23.2 Å². The van der Waals surface area contributed by atoms with E-state index in [4.69, 9.17) is 0 Å². The average Bonchev–Trinajstić information content (AvgIpc) is 3.11. The van der Waals surface area contributed by atoms with Gasteiger partial charge >= 0.3 is 12.1 Å². The molecule has 1 aliphatic rings. The summed E-state index contributed by atoms with van der Waals surface area (Å²) in [6, 6.07) is 5.53. The number of para-hydroxylation sites is 1. The highest BCUT2D eigenvalue weighted by Gasteiger charge is 2.47. The molecule has 0 spiro atoms. The maximum atomic E-state index is 12.7. The Hall–Kier alpha value is -2.91. The van der Waals surface area contributed by atoms with Gasteiger partial charge in [0.2, 0.25) is 5.91 Å². The first kappa shape index (κ1) is 18.9. The van der Waals surface area contributed by atoms with E-state index in [0.717, 1.165) is 0 Å². The van der Waals surface area contributed by atoms with Crippen molar-refractivity contribution in [3.63, 3.8) is 0 Å². The van der Waals surface area contributed by atoms with E-state index in [9.17, 15) is 27.6 Å². The first-order chi connectivity index (χ1) is 12.7. The van der Waals surface area contributed by atoms with Crippen LogP contribution < -0.4 is 10.9 Å². The van der Waals surface area contributed by atoms with Crippen molar-refractivity contribution in [2.45, 2.75) is 31.6 Å². The normalized spacial score (nSPS) is 17.3. The van der Waals surface area contributed by atoms with E-state index in [1.807, 2.05) is 0 Å². The molecule has 0 saturated carbocycles. The molecule has 144 valence electrons. The predicted molar refractivity (Wildman–Crippen MR) is 89.6 cm³/mol. The van der Waals surface area contributed by atoms with Crippen molar-refractivity contribution in [1.29, 1.82) is 0 Å². The lowest BCUT2D eigenvalue weighted by molar-refractivity contribution is -0.186. The molecule has 0 aliphatic carbocycles. The average molecular weight is 382 g/mol. The second-order valence-electron chi connectivity index (χ2n) is 6.28. The van der Waals surface area contributed by atoms with Gasteiger partial charge in [-0.1, -0.05) is 12.1 Å². The van der Waals surface area contributed by atoms with E-state index >= 15 is 0 Å². The van der Waals surface area contributed by atoms with E-state index in [1.165, 1.54) is 11.6 Å². The van der Waals surface area contributed by atoms with Crippen LogP contribution in [0.2, 0.25) is 0 Å². The lowest BCUT2D eigenvalue weighted by atomic mass is 10.2. The molecule has 2 aromatic rings. The number of likely N-dealkylation sites (tertiary alicyclic amines) is 1. The third kappa shape index (κ3) is 3.64. The molecule has 0 bridgehead atoms. The number of halogens is 3. The fourth-order valence-corrected chi connectivity index (χ4v) is 3.15. The third-order valence-electron chi connectivity index (χ3n) is 4.56. The van der Waals surface area contributed by atoms with Crippen LogP contribution in [-0.4, -0.2) is 45.0 Å². The largest absolute Gasteiger partial charge is 0.471 e. The Bertz CT molecular complexity index is 955. The summed E-state index contributed by atoms with van der Waals surface area (Å²) in [6.45, 7) is -0.261. The first-order valence-corrected chi connectivity index (χ1v) is 8.30. The van der Waals surface area contributed by atoms with Crippen LogP contribution in [0.5, 0.6) is 0 Å². The summed E-state index contributed by atoms with van der Waals surface area (Å²) in [5.41, 5.74) is 0.166. The number of amides is 2. The number of hydrogen-bond acceptors (Lipinski definition) is 4. The molecule has 1 aliphatic heterocycles. The number of benzene rings is 1. The van der Waals surface area contributed by atoms with Crippen LogP contribution in [0.3, 0.4) is 0 Å². The fourth-order valence-electron chi connectivity index (χ4n) is 3.15. The van der Waals surface area contributed by atoms with Crippen molar-refractivity contribution >= 4 is 22.7 Å². The zero-order valence-corrected chi connectivity index (χ0v) is 14.4. The summed E-state index contributed by atoms with van der Waals surface area (Å²) in [5, 5.41) is 2.91. The number of nitrogens with zero attached hydrogens (tertiary/aromatic N) is 3. The van der Waals surface area contributed by atoms with Gasteiger partial charge in [0.1, 0.15) is 11.9 Å². The highest BCUT2D eigenvalue weighted by molar-refractivity contribution is 5.90. The van der Waals surface area contributed by atoms with Gasteiger partial charge < -0.3 is 10.2 Å². The lowest BCUT2D eigenvalue weighted by Gasteiger charge is -2.24. The Morgan fingerprint density at radius 3 is 2.70 bits per heavy atom. The van der Waals surface area contributed by atoms with Gasteiger partial charge in [-0.2, -0.15) is 13.2 Å². The molecule has 27 heavy (non-hydrogen) atoms. The Kier molecular flexibility index (Phi) is 4.90. The number of carbonyl (C=O) groups excluding carboxylic acids is 2. The molecular weight excluding hydrogens is 365 g/mol.